The fourth-order valence-electron chi connectivity index (χ4n) is 4.09. The molecule has 1 aliphatic heterocycles. The Balaban J connectivity index is 1.44. The third kappa shape index (κ3) is 4.21. The molecule has 2 heterocycles. The van der Waals surface area contributed by atoms with Crippen molar-refractivity contribution in [1.82, 2.24) is 15.4 Å². The fraction of sp³-hybridized carbons (Fsp3) is 0.476. The van der Waals surface area contributed by atoms with Crippen LogP contribution in [0.25, 0.3) is 11.3 Å². The van der Waals surface area contributed by atoms with E-state index in [1.165, 1.54) is 25.0 Å². The number of carbonyl (C=O) groups is 2. The molecule has 9 heteroatoms. The number of nitrogens with one attached hydrogen (secondary N) is 1. The van der Waals surface area contributed by atoms with Crippen LogP contribution >= 0.6 is 0 Å². The molecule has 1 amide bonds. The lowest BCUT2D eigenvalue weighted by atomic mass is 9.90. The largest absolute Gasteiger partial charge is 0.481 e. The van der Waals surface area contributed by atoms with E-state index in [9.17, 15) is 23.5 Å². The molecule has 0 unspecified atom stereocenters. The van der Waals surface area contributed by atoms with Crippen LogP contribution < -0.4 is 5.32 Å². The molecule has 30 heavy (non-hydrogen) atoms. The summed E-state index contributed by atoms with van der Waals surface area (Å²) in [5.41, 5.74) is -0.111. The van der Waals surface area contributed by atoms with Crippen molar-refractivity contribution in [3.8, 4) is 11.3 Å². The van der Waals surface area contributed by atoms with Gasteiger partial charge in [-0.3, -0.25) is 14.5 Å². The maximum atomic E-state index is 13.9. The molecule has 2 fully saturated rings. The molecule has 2 aliphatic rings. The van der Waals surface area contributed by atoms with E-state index in [1.54, 1.807) is 0 Å². The molecular formula is C21H23F2N3O4. The van der Waals surface area contributed by atoms with Crippen molar-refractivity contribution in [2.75, 3.05) is 13.1 Å². The number of likely N-dealkylation sites (tertiary alicyclic amines) is 1. The predicted molar refractivity (Wildman–Crippen MR) is 103 cm³/mol. The Hall–Kier alpha value is -2.81. The number of carboxylic acid groups (broad SMARTS) is 1. The molecule has 2 aromatic rings. The first-order chi connectivity index (χ1) is 14.3. The number of carbonyl (C=O) groups excluding carboxylic acids is 1. The summed E-state index contributed by atoms with van der Waals surface area (Å²) in [6.07, 6.45) is 2.87. The van der Waals surface area contributed by atoms with Crippen molar-refractivity contribution in [3.63, 3.8) is 0 Å². The zero-order valence-corrected chi connectivity index (χ0v) is 16.5. The Morgan fingerprint density at radius 2 is 2.03 bits per heavy atom. The summed E-state index contributed by atoms with van der Waals surface area (Å²) < 4.78 is 32.0. The second-order valence-corrected chi connectivity index (χ2v) is 8.09. The summed E-state index contributed by atoms with van der Waals surface area (Å²) >= 11 is 0. The minimum atomic E-state index is -0.956. The van der Waals surface area contributed by atoms with Gasteiger partial charge in [0.05, 0.1) is 11.5 Å². The topological polar surface area (TPSA) is 95.7 Å². The average Bonchev–Trinajstić information content (AvgIpc) is 3.44. The Morgan fingerprint density at radius 1 is 1.27 bits per heavy atom. The van der Waals surface area contributed by atoms with E-state index in [0.29, 0.717) is 37.5 Å². The van der Waals surface area contributed by atoms with Crippen LogP contribution in [0.3, 0.4) is 0 Å². The minimum Gasteiger partial charge on any atom is -0.481 e. The van der Waals surface area contributed by atoms with Gasteiger partial charge in [-0.25, -0.2) is 8.78 Å². The molecule has 160 valence electrons. The number of aliphatic carboxylic acids is 1. The van der Waals surface area contributed by atoms with Crippen molar-refractivity contribution in [3.05, 3.63) is 41.6 Å². The first kappa shape index (κ1) is 20.5. The molecule has 2 N–H and O–H groups in total. The van der Waals surface area contributed by atoms with Crippen LogP contribution in [0.5, 0.6) is 0 Å². The van der Waals surface area contributed by atoms with E-state index < -0.39 is 35.5 Å². The predicted octanol–water partition coefficient (Wildman–Crippen LogP) is 2.92. The van der Waals surface area contributed by atoms with Crippen LogP contribution in [-0.4, -0.2) is 52.2 Å². The van der Waals surface area contributed by atoms with Gasteiger partial charge in [-0.15, -0.1) is 0 Å². The molecule has 1 saturated heterocycles. The van der Waals surface area contributed by atoms with E-state index in [2.05, 4.69) is 22.3 Å². The van der Waals surface area contributed by atoms with Gasteiger partial charge in [0.2, 0.25) is 0 Å². The number of nitrogens with zero attached hydrogens (tertiary/aromatic N) is 2. The average molecular weight is 419 g/mol. The SMILES string of the molecule is C[C@H](C1CC1)N1CC[C@@H](NC(=O)c2cc(-c3ccc(F)cc3F)on2)[C@H](C(=O)O)C1. The molecular weight excluding hydrogens is 396 g/mol. The van der Waals surface area contributed by atoms with Gasteiger partial charge >= 0.3 is 5.97 Å². The van der Waals surface area contributed by atoms with E-state index in [-0.39, 0.29) is 17.0 Å². The second kappa shape index (κ2) is 8.14. The van der Waals surface area contributed by atoms with Gasteiger partial charge in [0.15, 0.2) is 11.5 Å². The summed E-state index contributed by atoms with van der Waals surface area (Å²) in [5.74, 6) is -3.22. The lowest BCUT2D eigenvalue weighted by Gasteiger charge is -2.40. The van der Waals surface area contributed by atoms with Crippen molar-refractivity contribution < 1.29 is 28.0 Å². The zero-order valence-electron chi connectivity index (χ0n) is 16.5. The summed E-state index contributed by atoms with van der Waals surface area (Å²) in [7, 11) is 0. The van der Waals surface area contributed by atoms with Crippen molar-refractivity contribution in [2.45, 2.75) is 38.3 Å². The number of hydrogen-bond acceptors (Lipinski definition) is 5. The number of carboxylic acids is 1. The number of rotatable bonds is 6. The third-order valence-corrected chi connectivity index (χ3v) is 6.10. The molecule has 1 aliphatic carbocycles. The van der Waals surface area contributed by atoms with E-state index in [0.717, 1.165) is 6.07 Å². The lowest BCUT2D eigenvalue weighted by molar-refractivity contribution is -0.145. The van der Waals surface area contributed by atoms with Crippen molar-refractivity contribution in [2.24, 2.45) is 11.8 Å². The Kier molecular flexibility index (Phi) is 5.55. The van der Waals surface area contributed by atoms with Crippen molar-refractivity contribution >= 4 is 11.9 Å². The summed E-state index contributed by atoms with van der Waals surface area (Å²) in [6, 6.07) is 4.04. The highest BCUT2D eigenvalue weighted by atomic mass is 19.1. The quantitative estimate of drug-likeness (QED) is 0.748. The number of aromatic nitrogens is 1. The minimum absolute atomic E-state index is 0.0134. The number of halogens is 2. The number of hydrogen-bond donors (Lipinski definition) is 2. The normalized spacial score (nSPS) is 23.2. The number of piperidine rings is 1. The summed E-state index contributed by atoms with van der Waals surface area (Å²) in [6.45, 7) is 3.21. The van der Waals surface area contributed by atoms with Gasteiger partial charge < -0.3 is 14.9 Å². The third-order valence-electron chi connectivity index (χ3n) is 6.10. The standard InChI is InChI=1S/C21H23F2N3O4/c1-11(12-2-3-12)26-7-6-17(15(10-26)21(28)29)24-20(27)18-9-19(30-25-18)14-5-4-13(22)8-16(14)23/h4-5,8-9,11-12,15,17H,2-3,6-7,10H2,1H3,(H,24,27)(H,28,29)/t11-,15-,17-/m1/s1. The van der Waals surface area contributed by atoms with Crippen LogP contribution in [0.15, 0.2) is 28.8 Å². The Labute approximate surface area is 172 Å². The van der Waals surface area contributed by atoms with Gasteiger partial charge in [0, 0.05) is 37.3 Å². The van der Waals surface area contributed by atoms with Crippen LogP contribution in [0, 0.1) is 23.5 Å². The van der Waals surface area contributed by atoms with Gasteiger partial charge in [-0.2, -0.15) is 0 Å². The van der Waals surface area contributed by atoms with Crippen LogP contribution in [-0.2, 0) is 4.79 Å². The highest BCUT2D eigenvalue weighted by molar-refractivity contribution is 5.93. The molecule has 7 nitrogen and oxygen atoms in total. The van der Waals surface area contributed by atoms with E-state index in [1.807, 2.05) is 0 Å². The Morgan fingerprint density at radius 3 is 2.70 bits per heavy atom. The lowest BCUT2D eigenvalue weighted by Crippen LogP contribution is -2.55. The van der Waals surface area contributed by atoms with Gasteiger partial charge in [-0.1, -0.05) is 5.16 Å². The van der Waals surface area contributed by atoms with Crippen LogP contribution in [0.1, 0.15) is 36.7 Å². The monoisotopic (exact) mass is 419 g/mol. The molecule has 3 atom stereocenters. The zero-order chi connectivity index (χ0) is 21.4. The van der Waals surface area contributed by atoms with Gasteiger partial charge in [0.1, 0.15) is 11.6 Å². The van der Waals surface area contributed by atoms with Gasteiger partial charge in [-0.05, 0) is 44.2 Å². The second-order valence-electron chi connectivity index (χ2n) is 8.09. The summed E-state index contributed by atoms with van der Waals surface area (Å²) in [5, 5.41) is 16.1. The molecule has 4 rings (SSSR count). The Bertz CT molecular complexity index is 959. The van der Waals surface area contributed by atoms with Crippen LogP contribution in [0.4, 0.5) is 8.78 Å². The highest BCUT2D eigenvalue weighted by Crippen LogP contribution is 2.36. The fourth-order valence-corrected chi connectivity index (χ4v) is 4.09. The van der Waals surface area contributed by atoms with Gasteiger partial charge in [0.25, 0.3) is 5.91 Å². The number of amides is 1. The maximum absolute atomic E-state index is 13.9. The first-order valence-electron chi connectivity index (χ1n) is 10.0. The first-order valence-corrected chi connectivity index (χ1v) is 10.0. The van der Waals surface area contributed by atoms with E-state index in [4.69, 9.17) is 4.52 Å². The number of benzene rings is 1. The maximum Gasteiger partial charge on any atom is 0.309 e. The van der Waals surface area contributed by atoms with E-state index >= 15 is 0 Å². The smallest absolute Gasteiger partial charge is 0.309 e. The molecule has 0 bridgehead atoms. The van der Waals surface area contributed by atoms with Crippen LogP contribution in [0.2, 0.25) is 0 Å². The summed E-state index contributed by atoms with van der Waals surface area (Å²) in [4.78, 5) is 26.6. The molecule has 1 aromatic heterocycles. The molecule has 1 aromatic carbocycles. The molecule has 1 saturated carbocycles. The molecule has 0 spiro atoms. The highest BCUT2D eigenvalue weighted by Gasteiger charge is 2.40. The molecule has 0 radical (unpaired) electrons. The van der Waals surface area contributed by atoms with Crippen molar-refractivity contribution in [1.29, 1.82) is 0 Å².